The second-order valence-electron chi connectivity index (χ2n) is 6.62. The van der Waals surface area contributed by atoms with Crippen LogP contribution in [-0.4, -0.2) is 13.4 Å². The molecule has 4 rings (SSSR count). The van der Waals surface area contributed by atoms with Crippen LogP contribution in [0.25, 0.3) is 10.6 Å². The summed E-state index contributed by atoms with van der Waals surface area (Å²) in [5, 5.41) is 0. The second-order valence-corrected chi connectivity index (χ2v) is 9.70. The molecule has 0 spiro atoms. The Morgan fingerprint density at radius 1 is 1.19 bits per heavy atom. The highest BCUT2D eigenvalue weighted by atomic mass is 32.2. The van der Waals surface area contributed by atoms with Gasteiger partial charge in [-0.25, -0.2) is 18.1 Å². The van der Waals surface area contributed by atoms with Gasteiger partial charge in [0.05, 0.1) is 11.1 Å². The molecule has 0 saturated heterocycles. The van der Waals surface area contributed by atoms with Crippen molar-refractivity contribution in [1.29, 1.82) is 0 Å². The number of hydrogen-bond donors (Lipinski definition) is 1. The average Bonchev–Trinajstić information content (AvgIpc) is 3.22. The lowest BCUT2D eigenvalue weighted by molar-refractivity contribution is 0.338. The molecule has 5 nitrogen and oxygen atoms in total. The first kappa shape index (κ1) is 17.5. The van der Waals surface area contributed by atoms with Crippen molar-refractivity contribution in [3.8, 4) is 10.6 Å². The number of aryl methyl sites for hydroxylation is 1. The molecule has 0 amide bonds. The predicted molar refractivity (Wildman–Crippen MR) is 102 cm³/mol. The van der Waals surface area contributed by atoms with Crippen molar-refractivity contribution in [1.82, 2.24) is 9.71 Å². The summed E-state index contributed by atoms with van der Waals surface area (Å²) in [5.74, 6) is 1.82. The summed E-state index contributed by atoms with van der Waals surface area (Å²) in [4.78, 5) is 5.12. The molecule has 2 heterocycles. The van der Waals surface area contributed by atoms with Crippen LogP contribution in [0.2, 0.25) is 0 Å². The maximum absolute atomic E-state index is 12.5. The summed E-state index contributed by atoms with van der Waals surface area (Å²) in [5.41, 5.74) is 2.07. The molecule has 0 bridgehead atoms. The van der Waals surface area contributed by atoms with E-state index in [1.165, 1.54) is 17.8 Å². The van der Waals surface area contributed by atoms with Crippen LogP contribution in [0.3, 0.4) is 0 Å². The molecule has 0 atom stereocenters. The summed E-state index contributed by atoms with van der Waals surface area (Å²) in [6.45, 7) is 2.27. The van der Waals surface area contributed by atoms with E-state index >= 15 is 0 Å². The molecule has 0 unspecified atom stereocenters. The number of oxazole rings is 1. The predicted octanol–water partition coefficient (Wildman–Crippen LogP) is 4.46. The Morgan fingerprint density at radius 3 is 2.65 bits per heavy atom. The van der Waals surface area contributed by atoms with E-state index in [9.17, 15) is 8.42 Å². The first-order chi connectivity index (χ1) is 12.5. The van der Waals surface area contributed by atoms with Gasteiger partial charge in [-0.05, 0) is 37.5 Å². The quantitative estimate of drug-likeness (QED) is 0.677. The number of nitrogens with zero attached hydrogens (tertiary/aromatic N) is 1. The fourth-order valence-corrected chi connectivity index (χ4v) is 5.11. The zero-order chi connectivity index (χ0) is 18.1. The summed E-state index contributed by atoms with van der Waals surface area (Å²) < 4.78 is 33.8. The highest BCUT2D eigenvalue weighted by Crippen LogP contribution is 2.38. The van der Waals surface area contributed by atoms with Crippen LogP contribution < -0.4 is 4.72 Å². The van der Waals surface area contributed by atoms with Crippen LogP contribution in [0.1, 0.15) is 42.2 Å². The molecule has 1 fully saturated rings. The third-order valence-corrected chi connectivity index (χ3v) is 7.65. The van der Waals surface area contributed by atoms with Gasteiger partial charge in [-0.15, -0.1) is 11.3 Å². The van der Waals surface area contributed by atoms with Crippen LogP contribution >= 0.6 is 11.3 Å². The first-order valence-electron chi connectivity index (χ1n) is 8.62. The van der Waals surface area contributed by atoms with Gasteiger partial charge in [-0.2, -0.15) is 0 Å². The van der Waals surface area contributed by atoms with E-state index in [0.29, 0.717) is 11.7 Å². The van der Waals surface area contributed by atoms with E-state index in [1.807, 2.05) is 31.2 Å². The lowest BCUT2D eigenvalue weighted by Gasteiger charge is -2.21. The van der Waals surface area contributed by atoms with E-state index in [-0.39, 0.29) is 10.8 Å². The zero-order valence-corrected chi connectivity index (χ0v) is 16.1. The average molecular weight is 389 g/mol. The van der Waals surface area contributed by atoms with Crippen molar-refractivity contribution in [3.05, 3.63) is 59.6 Å². The highest BCUT2D eigenvalue weighted by Gasteiger charge is 2.25. The van der Waals surface area contributed by atoms with Crippen LogP contribution in [0.4, 0.5) is 0 Å². The Kier molecular flexibility index (Phi) is 4.69. The van der Waals surface area contributed by atoms with E-state index in [2.05, 4.69) is 9.71 Å². The smallest absolute Gasteiger partial charge is 0.250 e. The van der Waals surface area contributed by atoms with E-state index in [0.717, 1.165) is 34.7 Å². The fourth-order valence-electron chi connectivity index (χ4n) is 2.80. The van der Waals surface area contributed by atoms with Crippen molar-refractivity contribution in [2.24, 2.45) is 0 Å². The van der Waals surface area contributed by atoms with Crippen molar-refractivity contribution < 1.29 is 12.8 Å². The maximum atomic E-state index is 12.5. The molecule has 1 aromatic carbocycles. The summed E-state index contributed by atoms with van der Waals surface area (Å²) >= 11 is 1.20. The van der Waals surface area contributed by atoms with Crippen molar-refractivity contribution in [2.45, 2.75) is 42.9 Å². The third-order valence-electron chi connectivity index (χ3n) is 4.65. The second kappa shape index (κ2) is 6.98. The topological polar surface area (TPSA) is 72.2 Å². The number of rotatable bonds is 6. The Labute approximate surface area is 157 Å². The molecule has 1 aliphatic carbocycles. The minimum Gasteiger partial charge on any atom is -0.440 e. The summed E-state index contributed by atoms with van der Waals surface area (Å²) in [6, 6.07) is 11.2. The van der Waals surface area contributed by atoms with Gasteiger partial charge in [0.1, 0.15) is 4.21 Å². The van der Waals surface area contributed by atoms with Crippen LogP contribution in [0.5, 0.6) is 0 Å². The Bertz CT molecular complexity index is 1000. The standard InChI is InChI=1S/C19H20N2O3S2/c1-13-5-7-14(8-6-13)11-21-26(22,23)18-10-9-17(25-18)16-12-20-19(24-16)15-3-2-4-15/h5-10,12,15,21H,2-4,11H2,1H3. The van der Waals surface area contributed by atoms with E-state index in [4.69, 9.17) is 4.42 Å². The Hall–Kier alpha value is -1.96. The summed E-state index contributed by atoms with van der Waals surface area (Å²) in [7, 11) is -3.55. The summed E-state index contributed by atoms with van der Waals surface area (Å²) in [6.07, 6.45) is 5.14. The number of nitrogens with one attached hydrogen (secondary N) is 1. The number of hydrogen-bond acceptors (Lipinski definition) is 5. The number of aromatic nitrogens is 1. The minimum atomic E-state index is -3.55. The molecule has 26 heavy (non-hydrogen) atoms. The van der Waals surface area contributed by atoms with Gasteiger partial charge in [0.15, 0.2) is 11.7 Å². The monoisotopic (exact) mass is 388 g/mol. The molecule has 1 saturated carbocycles. The maximum Gasteiger partial charge on any atom is 0.250 e. The van der Waals surface area contributed by atoms with Crippen molar-refractivity contribution in [3.63, 3.8) is 0 Å². The SMILES string of the molecule is Cc1ccc(CNS(=O)(=O)c2ccc(-c3cnc(C4CCC4)o3)s2)cc1. The van der Waals surface area contributed by atoms with Gasteiger partial charge in [0.25, 0.3) is 0 Å². The molecular formula is C19H20N2O3S2. The van der Waals surface area contributed by atoms with E-state index < -0.39 is 10.0 Å². The van der Waals surface area contributed by atoms with Gasteiger partial charge in [-0.3, -0.25) is 0 Å². The van der Waals surface area contributed by atoms with Gasteiger partial charge in [0, 0.05) is 12.5 Å². The highest BCUT2D eigenvalue weighted by molar-refractivity contribution is 7.91. The normalized spacial score (nSPS) is 15.1. The largest absolute Gasteiger partial charge is 0.440 e. The van der Waals surface area contributed by atoms with Crippen molar-refractivity contribution in [2.75, 3.05) is 0 Å². The van der Waals surface area contributed by atoms with Crippen LogP contribution in [0, 0.1) is 6.92 Å². The molecule has 0 aliphatic heterocycles. The minimum absolute atomic E-state index is 0.268. The fraction of sp³-hybridized carbons (Fsp3) is 0.316. The van der Waals surface area contributed by atoms with Gasteiger partial charge < -0.3 is 4.42 Å². The molecule has 0 radical (unpaired) electrons. The number of thiophene rings is 1. The number of sulfonamides is 1. The molecule has 7 heteroatoms. The molecular weight excluding hydrogens is 368 g/mol. The molecule has 3 aromatic rings. The molecule has 136 valence electrons. The Balaban J connectivity index is 1.47. The lowest BCUT2D eigenvalue weighted by atomic mass is 9.85. The Morgan fingerprint density at radius 2 is 1.96 bits per heavy atom. The van der Waals surface area contributed by atoms with Crippen LogP contribution in [-0.2, 0) is 16.6 Å². The lowest BCUT2D eigenvalue weighted by Crippen LogP contribution is -2.22. The van der Waals surface area contributed by atoms with Gasteiger partial charge in [-0.1, -0.05) is 36.2 Å². The van der Waals surface area contributed by atoms with Gasteiger partial charge >= 0.3 is 0 Å². The van der Waals surface area contributed by atoms with E-state index in [1.54, 1.807) is 18.3 Å². The van der Waals surface area contributed by atoms with Crippen LogP contribution in [0.15, 0.2) is 51.2 Å². The number of benzene rings is 1. The molecule has 2 aromatic heterocycles. The van der Waals surface area contributed by atoms with Crippen molar-refractivity contribution >= 4 is 21.4 Å². The first-order valence-corrected chi connectivity index (χ1v) is 10.9. The van der Waals surface area contributed by atoms with Gasteiger partial charge in [0.2, 0.25) is 10.0 Å². The molecule has 1 aliphatic rings. The third kappa shape index (κ3) is 3.60. The zero-order valence-electron chi connectivity index (χ0n) is 14.4. The molecule has 1 N–H and O–H groups in total.